The van der Waals surface area contributed by atoms with E-state index in [0.717, 1.165) is 29.2 Å². The van der Waals surface area contributed by atoms with E-state index in [4.69, 9.17) is 13.9 Å². The summed E-state index contributed by atoms with van der Waals surface area (Å²) >= 11 is 1.54. The Morgan fingerprint density at radius 3 is 2.56 bits per heavy atom. The van der Waals surface area contributed by atoms with Crippen LogP contribution < -0.4 is 9.47 Å². The van der Waals surface area contributed by atoms with Crippen LogP contribution in [0.15, 0.2) is 52.1 Å². The van der Waals surface area contributed by atoms with E-state index in [0.29, 0.717) is 24.3 Å². The molecule has 3 rings (SSSR count). The van der Waals surface area contributed by atoms with Gasteiger partial charge in [0.2, 0.25) is 0 Å². The molecule has 0 aliphatic heterocycles. The van der Waals surface area contributed by atoms with Crippen LogP contribution in [0.5, 0.6) is 11.5 Å². The fourth-order valence-corrected chi connectivity index (χ4v) is 3.40. The maximum atomic E-state index is 5.83. The van der Waals surface area contributed by atoms with Gasteiger partial charge >= 0.3 is 0 Å². The van der Waals surface area contributed by atoms with E-state index in [-0.39, 0.29) is 0 Å². The van der Waals surface area contributed by atoms with Crippen molar-refractivity contribution in [3.63, 3.8) is 0 Å². The summed E-state index contributed by atoms with van der Waals surface area (Å²) in [4.78, 5) is 0. The summed E-state index contributed by atoms with van der Waals surface area (Å²) in [5.74, 6) is 3.00. The third kappa shape index (κ3) is 5.50. The summed E-state index contributed by atoms with van der Waals surface area (Å²) in [6.45, 7) is 7.35. The summed E-state index contributed by atoms with van der Waals surface area (Å²) in [6, 6.07) is 13.9. The Bertz CT molecular complexity index is 859. The van der Waals surface area contributed by atoms with Gasteiger partial charge in [-0.15, -0.1) is 10.2 Å². The van der Waals surface area contributed by atoms with Gasteiger partial charge in [0, 0.05) is 5.75 Å². The van der Waals surface area contributed by atoms with Crippen LogP contribution in [0, 0.1) is 13.8 Å². The first-order valence-electron chi connectivity index (χ1n) is 9.05. The van der Waals surface area contributed by atoms with Crippen molar-refractivity contribution in [1.29, 1.82) is 0 Å². The highest BCUT2D eigenvalue weighted by Crippen LogP contribution is 2.30. The molecule has 6 heteroatoms. The van der Waals surface area contributed by atoms with Crippen LogP contribution in [0.25, 0.3) is 11.5 Å². The predicted molar refractivity (Wildman–Crippen MR) is 108 cm³/mol. The number of aryl methyl sites for hydroxylation is 2. The van der Waals surface area contributed by atoms with Crippen LogP contribution in [0.2, 0.25) is 0 Å². The van der Waals surface area contributed by atoms with E-state index < -0.39 is 0 Å². The van der Waals surface area contributed by atoms with Crippen molar-refractivity contribution in [2.24, 2.45) is 0 Å². The van der Waals surface area contributed by atoms with Crippen LogP contribution in [-0.4, -0.2) is 29.2 Å². The molecule has 0 radical (unpaired) electrons. The smallest absolute Gasteiger partial charge is 0.276 e. The van der Waals surface area contributed by atoms with Gasteiger partial charge in [-0.2, -0.15) is 0 Å². The molecule has 5 nitrogen and oxygen atoms in total. The van der Waals surface area contributed by atoms with Gasteiger partial charge in [0.1, 0.15) is 11.5 Å². The molecule has 0 amide bonds. The Morgan fingerprint density at radius 1 is 1.00 bits per heavy atom. The van der Waals surface area contributed by atoms with Crippen LogP contribution in [-0.2, 0) is 0 Å². The fourth-order valence-electron chi connectivity index (χ4n) is 2.73. The molecule has 2 aromatic carbocycles. The predicted octanol–water partition coefficient (Wildman–Crippen LogP) is 5.31. The lowest BCUT2D eigenvalue weighted by Crippen LogP contribution is -1.99. The standard InChI is InChI=1S/C21H24N2O3S/c1-4-24-19-9-6-5-8-18(19)20-22-23-21(26-20)27-11-7-10-25-17-13-15(2)12-16(3)14-17/h5-6,8-9,12-14H,4,7,10-11H2,1-3H3. The number of para-hydroxylation sites is 1. The number of hydrogen-bond donors (Lipinski definition) is 0. The van der Waals surface area contributed by atoms with E-state index in [1.54, 1.807) is 0 Å². The zero-order chi connectivity index (χ0) is 19.1. The molecule has 0 N–H and O–H groups in total. The van der Waals surface area contributed by atoms with E-state index in [1.165, 1.54) is 22.9 Å². The third-order valence-corrected chi connectivity index (χ3v) is 4.71. The Balaban J connectivity index is 1.49. The highest BCUT2D eigenvalue weighted by molar-refractivity contribution is 7.99. The van der Waals surface area contributed by atoms with Crippen molar-refractivity contribution in [3.8, 4) is 23.0 Å². The van der Waals surface area contributed by atoms with Crippen molar-refractivity contribution in [2.45, 2.75) is 32.4 Å². The molecule has 142 valence electrons. The van der Waals surface area contributed by atoms with E-state index in [1.807, 2.05) is 31.2 Å². The van der Waals surface area contributed by atoms with Gasteiger partial charge in [-0.1, -0.05) is 30.0 Å². The second kappa shape index (κ2) is 9.46. The normalized spacial score (nSPS) is 10.8. The number of aromatic nitrogens is 2. The maximum absolute atomic E-state index is 5.83. The molecule has 0 aliphatic rings. The molecule has 0 spiro atoms. The fraction of sp³-hybridized carbons (Fsp3) is 0.333. The number of ether oxygens (including phenoxy) is 2. The molecule has 0 saturated carbocycles. The summed E-state index contributed by atoms with van der Waals surface area (Å²) in [5, 5.41) is 8.83. The van der Waals surface area contributed by atoms with Gasteiger partial charge in [0.25, 0.3) is 11.1 Å². The second-order valence-corrected chi connectivity index (χ2v) is 7.22. The van der Waals surface area contributed by atoms with Crippen LogP contribution >= 0.6 is 11.8 Å². The maximum Gasteiger partial charge on any atom is 0.276 e. The van der Waals surface area contributed by atoms with E-state index in [2.05, 4.69) is 42.2 Å². The number of thioether (sulfide) groups is 1. The summed E-state index contributed by atoms with van der Waals surface area (Å²) < 4.78 is 17.2. The molecule has 1 heterocycles. The molecule has 0 aliphatic carbocycles. The monoisotopic (exact) mass is 384 g/mol. The van der Waals surface area contributed by atoms with Gasteiger partial charge < -0.3 is 13.9 Å². The lowest BCUT2D eigenvalue weighted by molar-refractivity contribution is 0.318. The Morgan fingerprint density at radius 2 is 1.78 bits per heavy atom. The topological polar surface area (TPSA) is 57.4 Å². The molecule has 3 aromatic rings. The van der Waals surface area contributed by atoms with Crippen molar-refractivity contribution < 1.29 is 13.9 Å². The van der Waals surface area contributed by atoms with Crippen molar-refractivity contribution in [2.75, 3.05) is 19.0 Å². The van der Waals surface area contributed by atoms with Gasteiger partial charge in [-0.05, 0) is 62.6 Å². The van der Waals surface area contributed by atoms with E-state index >= 15 is 0 Å². The molecule has 0 fully saturated rings. The van der Waals surface area contributed by atoms with E-state index in [9.17, 15) is 0 Å². The first kappa shape index (κ1) is 19.3. The lowest BCUT2D eigenvalue weighted by Gasteiger charge is -2.07. The molecular formula is C21H24N2O3S. The molecule has 27 heavy (non-hydrogen) atoms. The Hall–Kier alpha value is -2.47. The summed E-state index contributed by atoms with van der Waals surface area (Å²) in [6.07, 6.45) is 0.894. The van der Waals surface area contributed by atoms with Crippen LogP contribution in [0.3, 0.4) is 0 Å². The largest absolute Gasteiger partial charge is 0.494 e. The van der Waals surface area contributed by atoms with Gasteiger partial charge in [-0.25, -0.2) is 0 Å². The Labute approximate surface area is 164 Å². The number of hydrogen-bond acceptors (Lipinski definition) is 6. The van der Waals surface area contributed by atoms with Crippen LogP contribution in [0.1, 0.15) is 24.5 Å². The quantitative estimate of drug-likeness (QED) is 0.368. The lowest BCUT2D eigenvalue weighted by atomic mass is 10.1. The van der Waals surface area contributed by atoms with Crippen molar-refractivity contribution in [1.82, 2.24) is 10.2 Å². The minimum atomic E-state index is 0.480. The molecule has 0 unspecified atom stereocenters. The molecule has 0 atom stereocenters. The number of nitrogens with zero attached hydrogens (tertiary/aromatic N) is 2. The third-order valence-electron chi connectivity index (χ3n) is 3.80. The minimum Gasteiger partial charge on any atom is -0.494 e. The first-order chi connectivity index (χ1) is 13.2. The molecular weight excluding hydrogens is 360 g/mol. The number of rotatable bonds is 9. The average Bonchev–Trinajstić information content (AvgIpc) is 3.10. The van der Waals surface area contributed by atoms with Crippen LogP contribution in [0.4, 0.5) is 0 Å². The SMILES string of the molecule is CCOc1ccccc1-c1nnc(SCCCOc2cc(C)cc(C)c2)o1. The van der Waals surface area contributed by atoms with Gasteiger partial charge in [0.15, 0.2) is 0 Å². The Kier molecular flexibility index (Phi) is 6.76. The molecule has 1 aromatic heterocycles. The zero-order valence-electron chi connectivity index (χ0n) is 15.9. The summed E-state index contributed by atoms with van der Waals surface area (Å²) in [7, 11) is 0. The average molecular weight is 385 g/mol. The zero-order valence-corrected chi connectivity index (χ0v) is 16.7. The molecule has 0 bridgehead atoms. The van der Waals surface area contributed by atoms with Gasteiger partial charge in [0.05, 0.1) is 18.8 Å². The first-order valence-corrected chi connectivity index (χ1v) is 10.0. The second-order valence-electron chi connectivity index (χ2n) is 6.18. The summed E-state index contributed by atoms with van der Waals surface area (Å²) in [5.41, 5.74) is 3.24. The van der Waals surface area contributed by atoms with Crippen molar-refractivity contribution >= 4 is 11.8 Å². The molecule has 0 saturated heterocycles. The highest BCUT2D eigenvalue weighted by atomic mass is 32.2. The number of benzene rings is 2. The van der Waals surface area contributed by atoms with Gasteiger partial charge in [-0.3, -0.25) is 0 Å². The van der Waals surface area contributed by atoms with Crippen molar-refractivity contribution in [3.05, 3.63) is 53.6 Å². The highest BCUT2D eigenvalue weighted by Gasteiger charge is 2.13. The minimum absolute atomic E-state index is 0.480.